The number of fused-ring (bicyclic) bond motifs is 7. The Morgan fingerprint density at radius 2 is 0.583 bits per heavy atom. The van der Waals surface area contributed by atoms with Crippen LogP contribution in [0.4, 0.5) is 22.7 Å². The molecule has 0 unspecified atom stereocenters. The maximum Gasteiger partial charge on any atom is 0.0361 e. The van der Waals surface area contributed by atoms with Gasteiger partial charge in [0.25, 0.3) is 0 Å². The highest BCUT2D eigenvalue weighted by molar-refractivity contribution is 5.96. The van der Waals surface area contributed by atoms with Crippen molar-refractivity contribution in [2.75, 3.05) is 76.0 Å². The molecule has 0 heterocycles. The Morgan fingerprint density at radius 3 is 0.988 bits per heavy atom. The molecule has 0 N–H and O–H groups in total. The summed E-state index contributed by atoms with van der Waals surface area (Å²) in [6.07, 6.45) is 25.9. The maximum absolute atomic E-state index is 2.46. The van der Waals surface area contributed by atoms with Crippen LogP contribution in [-0.2, 0) is 0 Å². The Bertz CT molecular complexity index is 4210. The fraction of sp³-hybridized carbons (Fsp3) is 0.125. The highest BCUT2D eigenvalue weighted by Crippen LogP contribution is 2.47. The summed E-state index contributed by atoms with van der Waals surface area (Å²) in [5, 5.41) is 0. The Balaban J connectivity index is 0.935. The average molecular weight is 1090 g/mol. The summed E-state index contributed by atoms with van der Waals surface area (Å²) in [5.74, 6) is 0. The van der Waals surface area contributed by atoms with Crippen LogP contribution in [0.15, 0.2) is 299 Å². The molecular formula is C80H70N4. The number of hydrogen-bond donors (Lipinski definition) is 0. The van der Waals surface area contributed by atoms with E-state index in [4.69, 9.17) is 0 Å². The summed E-state index contributed by atoms with van der Waals surface area (Å²) >= 11 is 0. The van der Waals surface area contributed by atoms with Gasteiger partial charge >= 0.3 is 0 Å². The second-order valence-electron chi connectivity index (χ2n) is 23.5. The molecule has 5 aliphatic rings. The van der Waals surface area contributed by atoms with Crippen LogP contribution < -0.4 is 19.6 Å². The topological polar surface area (TPSA) is 13.0 Å². The third kappa shape index (κ3) is 10.8. The van der Waals surface area contributed by atoms with Crippen LogP contribution in [-0.4, -0.2) is 56.4 Å². The van der Waals surface area contributed by atoms with Crippen LogP contribution in [0, 0.1) is 0 Å². The predicted molar refractivity (Wildman–Crippen MR) is 361 cm³/mol. The van der Waals surface area contributed by atoms with Crippen LogP contribution in [0.3, 0.4) is 0 Å². The van der Waals surface area contributed by atoms with Crippen molar-refractivity contribution in [3.8, 4) is 44.5 Å². The molecule has 0 saturated carbocycles. The van der Waals surface area contributed by atoms with E-state index in [0.29, 0.717) is 0 Å². The van der Waals surface area contributed by atoms with Crippen molar-refractivity contribution in [2.45, 2.75) is 12.8 Å². The van der Waals surface area contributed by atoms with Crippen molar-refractivity contribution in [2.24, 2.45) is 0 Å². The van der Waals surface area contributed by atoms with Gasteiger partial charge in [0.05, 0.1) is 0 Å². The number of rotatable bonds is 12. The zero-order valence-electron chi connectivity index (χ0n) is 49.5. The summed E-state index contributed by atoms with van der Waals surface area (Å²) in [5.41, 5.74) is 34.4. The molecule has 5 aliphatic carbocycles. The quantitative estimate of drug-likeness (QED) is 0.121. The molecule has 8 aromatic rings. The number of hydrogen-bond acceptors (Lipinski definition) is 4. The van der Waals surface area contributed by atoms with Gasteiger partial charge in [-0.15, -0.1) is 0 Å². The van der Waals surface area contributed by atoms with E-state index in [1.807, 2.05) is 0 Å². The van der Waals surface area contributed by atoms with Crippen LogP contribution >= 0.6 is 0 Å². The molecule has 84 heavy (non-hydrogen) atoms. The van der Waals surface area contributed by atoms with E-state index in [0.717, 1.165) is 12.8 Å². The zero-order valence-corrected chi connectivity index (χ0v) is 49.5. The van der Waals surface area contributed by atoms with Gasteiger partial charge in [-0.1, -0.05) is 170 Å². The molecule has 0 spiro atoms. The SMILES string of the molecule is CN(C)c1ccc(-c2ccc(C3=CC4=CC3=CC=C3CC(=C5C=C(C=CC6=C(c7ccc(-c8ccc(N(C)C)cc8)cc7)C=C4C6)C(c4ccc(-c6ccc(N(C)C)cc6)cc4)=C5)C=C3c3ccc(-c4ccc(N(C)C)cc4)cc3)cc2)cc1. The predicted octanol–water partition coefficient (Wildman–Crippen LogP) is 19.0. The molecule has 0 amide bonds. The second kappa shape index (κ2) is 22.5. The molecule has 13 rings (SSSR count). The summed E-state index contributed by atoms with van der Waals surface area (Å²) in [6, 6.07) is 72.1. The molecule has 0 radical (unpaired) electrons. The summed E-state index contributed by atoms with van der Waals surface area (Å²) in [7, 11) is 16.7. The highest BCUT2D eigenvalue weighted by Gasteiger charge is 2.26. The number of anilines is 4. The lowest BCUT2D eigenvalue weighted by Crippen LogP contribution is -2.07. The standard InChI is InChI=1S/C80H70N4/c1-81(2)73-37-29-57(30-38-73)53-9-17-61(18-10-53)77-49-69-45-65(77)25-26-66-47-71(51-79(66)63-21-13-55(14-22-63)59-33-41-75(42-34-59)83(5)6)72-48-68(80(52-72)64-23-15-56(16-24-64)60-35-43-76(44-36-60)84(7)8)28-27-67-46-70(69)50-78(67)62-19-11-54(12-20-62)58-31-39-74(40-32-58)82(3)4/h9-45,48-52H,46-47H2,1-8H3. The van der Waals surface area contributed by atoms with E-state index in [2.05, 4.69) is 331 Å². The maximum atomic E-state index is 2.46. The molecule has 8 aromatic carbocycles. The Hall–Kier alpha value is -9.90. The first-order chi connectivity index (χ1) is 40.8. The smallest absolute Gasteiger partial charge is 0.0361 e. The van der Waals surface area contributed by atoms with Crippen molar-refractivity contribution in [1.29, 1.82) is 0 Å². The van der Waals surface area contributed by atoms with Crippen molar-refractivity contribution in [3.63, 3.8) is 0 Å². The van der Waals surface area contributed by atoms with Crippen LogP contribution in [0.5, 0.6) is 0 Å². The van der Waals surface area contributed by atoms with E-state index in [1.165, 1.54) is 156 Å². The van der Waals surface area contributed by atoms with Crippen molar-refractivity contribution in [3.05, 3.63) is 322 Å². The molecular weight excluding hydrogens is 1020 g/mol. The fourth-order valence-electron chi connectivity index (χ4n) is 12.2. The Morgan fingerprint density at radius 1 is 0.238 bits per heavy atom. The second-order valence-corrected chi connectivity index (χ2v) is 23.5. The lowest BCUT2D eigenvalue weighted by atomic mass is 9.95. The molecule has 8 bridgehead atoms. The Labute approximate surface area is 497 Å². The number of nitrogens with zero attached hydrogens (tertiary/aromatic N) is 4. The minimum absolute atomic E-state index is 0.814. The average Bonchev–Trinajstić information content (AvgIpc) is 3.98. The van der Waals surface area contributed by atoms with Crippen molar-refractivity contribution in [1.82, 2.24) is 0 Å². The van der Waals surface area contributed by atoms with E-state index in [9.17, 15) is 0 Å². The number of benzene rings is 8. The zero-order chi connectivity index (χ0) is 57.6. The molecule has 0 aliphatic heterocycles. The van der Waals surface area contributed by atoms with Crippen LogP contribution in [0.2, 0.25) is 0 Å². The number of allylic oxidation sites excluding steroid dienone is 22. The van der Waals surface area contributed by atoms with Crippen molar-refractivity contribution < 1.29 is 0 Å². The van der Waals surface area contributed by atoms with Crippen LogP contribution in [0.1, 0.15) is 35.1 Å². The first-order valence-corrected chi connectivity index (χ1v) is 29.2. The van der Waals surface area contributed by atoms with Gasteiger partial charge in [-0.05, 0) is 231 Å². The van der Waals surface area contributed by atoms with Gasteiger partial charge in [0, 0.05) is 79.1 Å². The first-order valence-electron chi connectivity index (χ1n) is 29.2. The van der Waals surface area contributed by atoms with Gasteiger partial charge in [0.15, 0.2) is 0 Å². The van der Waals surface area contributed by atoms with E-state index >= 15 is 0 Å². The van der Waals surface area contributed by atoms with E-state index in [-0.39, 0.29) is 0 Å². The normalized spacial score (nSPS) is 15.2. The first kappa shape index (κ1) is 53.4. The van der Waals surface area contributed by atoms with Gasteiger partial charge in [0.2, 0.25) is 0 Å². The third-order valence-electron chi connectivity index (χ3n) is 17.3. The highest BCUT2D eigenvalue weighted by atomic mass is 15.1. The molecule has 0 atom stereocenters. The summed E-state index contributed by atoms with van der Waals surface area (Å²) in [4.78, 5) is 8.58. The summed E-state index contributed by atoms with van der Waals surface area (Å²) in [6.45, 7) is 0. The van der Waals surface area contributed by atoms with Crippen molar-refractivity contribution >= 4 is 45.0 Å². The molecule has 410 valence electrons. The largest absolute Gasteiger partial charge is 0.378 e. The van der Waals surface area contributed by atoms with Gasteiger partial charge in [-0.3, -0.25) is 0 Å². The summed E-state index contributed by atoms with van der Waals surface area (Å²) < 4.78 is 0. The third-order valence-corrected chi connectivity index (χ3v) is 17.3. The van der Waals surface area contributed by atoms with E-state index < -0.39 is 0 Å². The monoisotopic (exact) mass is 1090 g/mol. The van der Waals surface area contributed by atoms with Gasteiger partial charge < -0.3 is 19.6 Å². The lowest BCUT2D eigenvalue weighted by Gasteiger charge is -2.13. The minimum Gasteiger partial charge on any atom is -0.378 e. The molecule has 4 heteroatoms. The molecule has 0 saturated heterocycles. The minimum atomic E-state index is 0.814. The van der Waals surface area contributed by atoms with E-state index in [1.54, 1.807) is 0 Å². The Kier molecular flexibility index (Phi) is 14.3. The van der Waals surface area contributed by atoms with Gasteiger partial charge in [-0.25, -0.2) is 0 Å². The molecule has 0 fully saturated rings. The lowest BCUT2D eigenvalue weighted by molar-refractivity contribution is 1.13. The van der Waals surface area contributed by atoms with Gasteiger partial charge in [0.1, 0.15) is 0 Å². The van der Waals surface area contributed by atoms with Crippen LogP contribution in [0.25, 0.3) is 66.8 Å². The van der Waals surface area contributed by atoms with Gasteiger partial charge in [-0.2, -0.15) is 0 Å². The molecule has 0 aromatic heterocycles. The fourth-order valence-corrected chi connectivity index (χ4v) is 12.2. The molecule has 4 nitrogen and oxygen atoms in total.